The van der Waals surface area contributed by atoms with Gasteiger partial charge in [-0.2, -0.15) is 0 Å². The van der Waals surface area contributed by atoms with Crippen LogP contribution in [0.1, 0.15) is 10.5 Å². The number of fused-ring (bicyclic) bond motifs is 1. The molecule has 2 aromatic heterocycles. The van der Waals surface area contributed by atoms with Crippen LogP contribution in [0, 0.1) is 0 Å². The quantitative estimate of drug-likeness (QED) is 0.608. The number of para-hydroxylation sites is 1. The van der Waals surface area contributed by atoms with E-state index < -0.39 is 0 Å². The van der Waals surface area contributed by atoms with E-state index >= 15 is 0 Å². The van der Waals surface area contributed by atoms with E-state index in [0.29, 0.717) is 48.7 Å². The van der Waals surface area contributed by atoms with Gasteiger partial charge in [0.2, 0.25) is 0 Å². The van der Waals surface area contributed by atoms with E-state index in [1.807, 2.05) is 34.9 Å². The fourth-order valence-corrected chi connectivity index (χ4v) is 3.64. The van der Waals surface area contributed by atoms with E-state index in [0.717, 1.165) is 5.69 Å². The topological polar surface area (TPSA) is 76.5 Å². The van der Waals surface area contributed by atoms with E-state index in [9.17, 15) is 9.59 Å². The van der Waals surface area contributed by atoms with Crippen molar-refractivity contribution >= 4 is 22.6 Å². The van der Waals surface area contributed by atoms with E-state index in [2.05, 4.69) is 23.5 Å². The van der Waals surface area contributed by atoms with Crippen molar-refractivity contribution < 1.29 is 9.53 Å². The molecule has 1 N–H and O–H groups in total. The number of carbonyl (C=O) groups excluding carboxylic acids is 1. The third-order valence-corrected chi connectivity index (χ3v) is 5.22. The minimum absolute atomic E-state index is 0.182. The van der Waals surface area contributed by atoms with Gasteiger partial charge in [-0.1, -0.05) is 37.4 Å². The number of carbonyl (C=O) groups is 1. The fourth-order valence-electron chi connectivity index (χ4n) is 3.64. The molecule has 0 bridgehead atoms. The molecule has 1 aromatic carbocycles. The molecular weight excluding hydrogens is 404 g/mol. The highest BCUT2D eigenvalue weighted by Gasteiger charge is 2.21. The first-order valence-electron chi connectivity index (χ1n) is 10.3. The number of anilines is 1. The summed E-state index contributed by atoms with van der Waals surface area (Å²) in [6.07, 6.45) is 6.52. The molecule has 0 unspecified atom stereocenters. The van der Waals surface area contributed by atoms with Crippen molar-refractivity contribution in [3.63, 3.8) is 0 Å². The third kappa shape index (κ3) is 4.24. The summed E-state index contributed by atoms with van der Waals surface area (Å²) in [5.41, 5.74) is 2.18. The number of amides is 1. The van der Waals surface area contributed by atoms with Gasteiger partial charge in [-0.15, -0.1) is 0 Å². The van der Waals surface area contributed by atoms with Gasteiger partial charge in [-0.05, 0) is 30.4 Å². The Morgan fingerprint density at radius 1 is 1.12 bits per heavy atom. The fraction of sp³-hybridized carbons (Fsp3) is 0.160. The first kappa shape index (κ1) is 21.3. The Labute approximate surface area is 186 Å². The Balaban J connectivity index is 1.92. The first-order chi connectivity index (χ1) is 15.6. The second-order valence-electron chi connectivity index (χ2n) is 7.24. The van der Waals surface area contributed by atoms with Crippen LogP contribution in [0.3, 0.4) is 0 Å². The van der Waals surface area contributed by atoms with Crippen LogP contribution in [0.15, 0.2) is 90.5 Å². The van der Waals surface area contributed by atoms with Crippen molar-refractivity contribution in [2.75, 3.05) is 31.6 Å². The number of ether oxygens (including phenoxy) is 1. The molecule has 0 spiro atoms. The molecule has 1 saturated heterocycles. The van der Waals surface area contributed by atoms with Gasteiger partial charge < -0.3 is 15.0 Å². The summed E-state index contributed by atoms with van der Waals surface area (Å²) in [7, 11) is 0. The predicted octanol–water partition coefficient (Wildman–Crippen LogP) is 3.53. The molecule has 1 amide bonds. The van der Waals surface area contributed by atoms with Crippen LogP contribution in [0.5, 0.6) is 0 Å². The van der Waals surface area contributed by atoms with Crippen molar-refractivity contribution in [3.05, 3.63) is 102 Å². The van der Waals surface area contributed by atoms with Crippen LogP contribution in [0.2, 0.25) is 0 Å². The molecule has 0 saturated carbocycles. The number of nitrogens with one attached hydrogen (secondary N) is 1. The van der Waals surface area contributed by atoms with Crippen molar-refractivity contribution in [2.45, 2.75) is 0 Å². The molecule has 3 heterocycles. The first-order valence-corrected chi connectivity index (χ1v) is 10.3. The standard InChI is InChI=1S/C25H24N4O3/c1-3-8-18(4-2)27-24-16-23(30)20-17-26-21(25(31)28-11-13-32-14-12-28)15-22(20)29(24)19-9-6-5-7-10-19/h3-10,15-17,27H,1-2,11-14H2/b18-8+. The molecule has 7 heteroatoms. The molecule has 0 radical (unpaired) electrons. The molecule has 32 heavy (non-hydrogen) atoms. The summed E-state index contributed by atoms with van der Waals surface area (Å²) in [5, 5.41) is 3.67. The maximum absolute atomic E-state index is 13.0. The minimum Gasteiger partial charge on any atom is -0.378 e. The summed E-state index contributed by atoms with van der Waals surface area (Å²) in [5.74, 6) is 0.358. The van der Waals surface area contributed by atoms with Gasteiger partial charge in [0.05, 0.1) is 24.1 Å². The largest absolute Gasteiger partial charge is 0.378 e. The Morgan fingerprint density at radius 3 is 2.56 bits per heavy atom. The summed E-state index contributed by atoms with van der Waals surface area (Å²) in [6.45, 7) is 9.57. The SMILES string of the molecule is C=C/C=C(\C=C)Nc1cc(=O)c2cnc(C(=O)N3CCOCC3)cc2n1-c1ccccc1. The van der Waals surface area contributed by atoms with Crippen LogP contribution in [0.25, 0.3) is 16.6 Å². The molecule has 7 nitrogen and oxygen atoms in total. The number of hydrogen-bond donors (Lipinski definition) is 1. The molecule has 162 valence electrons. The lowest BCUT2D eigenvalue weighted by atomic mass is 10.1. The summed E-state index contributed by atoms with van der Waals surface area (Å²) < 4.78 is 7.24. The van der Waals surface area contributed by atoms with E-state index in [-0.39, 0.29) is 17.0 Å². The van der Waals surface area contributed by atoms with E-state index in [1.165, 1.54) is 12.3 Å². The zero-order valence-electron chi connectivity index (χ0n) is 17.7. The second-order valence-corrected chi connectivity index (χ2v) is 7.24. The predicted molar refractivity (Wildman–Crippen MR) is 126 cm³/mol. The van der Waals surface area contributed by atoms with Crippen molar-refractivity contribution in [1.82, 2.24) is 14.5 Å². The number of morpholine rings is 1. The van der Waals surface area contributed by atoms with Crippen LogP contribution in [-0.2, 0) is 4.74 Å². The van der Waals surface area contributed by atoms with Gasteiger partial charge in [0.15, 0.2) is 5.43 Å². The molecule has 0 atom stereocenters. The molecule has 1 fully saturated rings. The average Bonchev–Trinajstić information content (AvgIpc) is 2.84. The molecule has 1 aliphatic heterocycles. The third-order valence-electron chi connectivity index (χ3n) is 5.22. The van der Waals surface area contributed by atoms with Gasteiger partial charge in [-0.25, -0.2) is 0 Å². The van der Waals surface area contributed by atoms with Gasteiger partial charge in [0.1, 0.15) is 11.5 Å². The number of allylic oxidation sites excluding steroid dienone is 3. The summed E-state index contributed by atoms with van der Waals surface area (Å²) in [6, 6.07) is 12.8. The number of hydrogen-bond acceptors (Lipinski definition) is 5. The van der Waals surface area contributed by atoms with E-state index in [4.69, 9.17) is 4.74 Å². The smallest absolute Gasteiger partial charge is 0.272 e. The number of pyridine rings is 2. The highest BCUT2D eigenvalue weighted by molar-refractivity contribution is 5.96. The van der Waals surface area contributed by atoms with Crippen molar-refractivity contribution in [1.29, 1.82) is 0 Å². The monoisotopic (exact) mass is 428 g/mol. The summed E-state index contributed by atoms with van der Waals surface area (Å²) >= 11 is 0. The highest BCUT2D eigenvalue weighted by atomic mass is 16.5. The lowest BCUT2D eigenvalue weighted by Gasteiger charge is -2.26. The second kappa shape index (κ2) is 9.45. The zero-order chi connectivity index (χ0) is 22.5. The van der Waals surface area contributed by atoms with Crippen LogP contribution < -0.4 is 10.7 Å². The molecule has 1 aliphatic rings. The Morgan fingerprint density at radius 2 is 1.88 bits per heavy atom. The van der Waals surface area contributed by atoms with E-state index in [1.54, 1.807) is 29.2 Å². The van der Waals surface area contributed by atoms with Gasteiger partial charge in [0, 0.05) is 36.7 Å². The van der Waals surface area contributed by atoms with Gasteiger partial charge in [-0.3, -0.25) is 19.1 Å². The van der Waals surface area contributed by atoms with Crippen LogP contribution in [0.4, 0.5) is 5.82 Å². The Bertz CT molecular complexity index is 1260. The van der Waals surface area contributed by atoms with Gasteiger partial charge >= 0.3 is 0 Å². The Hall–Kier alpha value is -3.97. The lowest BCUT2D eigenvalue weighted by Crippen LogP contribution is -2.41. The number of nitrogens with zero attached hydrogens (tertiary/aromatic N) is 3. The molecule has 4 rings (SSSR count). The molecule has 3 aromatic rings. The normalized spacial score (nSPS) is 14.2. The average molecular weight is 428 g/mol. The van der Waals surface area contributed by atoms with Crippen LogP contribution >= 0.6 is 0 Å². The minimum atomic E-state index is -0.199. The number of rotatable bonds is 6. The lowest BCUT2D eigenvalue weighted by molar-refractivity contribution is 0.0299. The summed E-state index contributed by atoms with van der Waals surface area (Å²) in [4.78, 5) is 32.0. The Kier molecular flexibility index (Phi) is 6.28. The van der Waals surface area contributed by atoms with Gasteiger partial charge in [0.25, 0.3) is 5.91 Å². The number of aromatic nitrogens is 2. The molecule has 0 aliphatic carbocycles. The molecular formula is C25H24N4O3. The van der Waals surface area contributed by atoms with Crippen LogP contribution in [-0.4, -0.2) is 46.7 Å². The van der Waals surface area contributed by atoms with Crippen molar-refractivity contribution in [3.8, 4) is 5.69 Å². The zero-order valence-corrected chi connectivity index (χ0v) is 17.7. The van der Waals surface area contributed by atoms with Crippen molar-refractivity contribution in [2.24, 2.45) is 0 Å². The highest BCUT2D eigenvalue weighted by Crippen LogP contribution is 2.24. The number of benzene rings is 1. The maximum Gasteiger partial charge on any atom is 0.272 e. The maximum atomic E-state index is 13.0.